The van der Waals surface area contributed by atoms with Gasteiger partial charge in [0.05, 0.1) is 0 Å². The van der Waals surface area contributed by atoms with Gasteiger partial charge in [-0.05, 0) is 42.0 Å². The van der Waals surface area contributed by atoms with Gasteiger partial charge in [-0.3, -0.25) is 0 Å². The number of rotatable bonds is 4. The third kappa shape index (κ3) is 3.97. The van der Waals surface area contributed by atoms with Gasteiger partial charge in [0.15, 0.2) is 0 Å². The van der Waals surface area contributed by atoms with Crippen LogP contribution in [0, 0.1) is 12.8 Å². The zero-order valence-electron chi connectivity index (χ0n) is 15.8. The molecule has 4 rings (SSSR count). The van der Waals surface area contributed by atoms with Crippen molar-refractivity contribution < 1.29 is 4.79 Å². The first-order valence-electron chi connectivity index (χ1n) is 9.68. The van der Waals surface area contributed by atoms with Crippen LogP contribution in [0.3, 0.4) is 0 Å². The second-order valence-corrected chi connectivity index (χ2v) is 7.35. The molecule has 140 valence electrons. The number of benzene rings is 2. The Morgan fingerprint density at radius 1 is 1.15 bits per heavy atom. The van der Waals surface area contributed by atoms with Crippen molar-refractivity contribution in [1.29, 1.82) is 0 Å². The third-order valence-electron chi connectivity index (χ3n) is 5.59. The Bertz CT molecular complexity index is 919. The number of carbonyl (C=O) groups is 1. The number of urea groups is 1. The van der Waals surface area contributed by atoms with Crippen molar-refractivity contribution in [2.45, 2.75) is 32.9 Å². The molecule has 1 saturated heterocycles. The van der Waals surface area contributed by atoms with Crippen LogP contribution in [0.15, 0.2) is 54.9 Å². The maximum absolute atomic E-state index is 12.6. The van der Waals surface area contributed by atoms with Crippen molar-refractivity contribution in [3.05, 3.63) is 66.2 Å². The number of aryl methyl sites for hydroxylation is 1. The minimum Gasteiger partial charge on any atom is -0.335 e. The third-order valence-corrected chi connectivity index (χ3v) is 5.59. The lowest BCUT2D eigenvalue weighted by Crippen LogP contribution is -2.44. The van der Waals surface area contributed by atoms with E-state index in [1.807, 2.05) is 42.4 Å². The van der Waals surface area contributed by atoms with Crippen LogP contribution < -0.4 is 5.32 Å². The molecule has 27 heavy (non-hydrogen) atoms. The summed E-state index contributed by atoms with van der Waals surface area (Å²) in [5, 5.41) is 5.51. The summed E-state index contributed by atoms with van der Waals surface area (Å²) >= 11 is 0. The molecule has 0 radical (unpaired) electrons. The maximum Gasteiger partial charge on any atom is 0.317 e. The number of imidazole rings is 1. The highest BCUT2D eigenvalue weighted by atomic mass is 16.2. The van der Waals surface area contributed by atoms with Gasteiger partial charge in [-0.2, -0.15) is 0 Å². The Kier molecular flexibility index (Phi) is 5.10. The Labute approximate surface area is 160 Å². The van der Waals surface area contributed by atoms with E-state index < -0.39 is 0 Å². The number of piperidine rings is 1. The number of aromatic nitrogens is 2. The molecule has 3 aromatic rings. The Balaban J connectivity index is 1.30. The maximum atomic E-state index is 12.6. The summed E-state index contributed by atoms with van der Waals surface area (Å²) in [6.07, 6.45) is 5.97. The van der Waals surface area contributed by atoms with Crippen molar-refractivity contribution >= 4 is 16.8 Å². The van der Waals surface area contributed by atoms with Gasteiger partial charge < -0.3 is 14.8 Å². The van der Waals surface area contributed by atoms with E-state index in [1.54, 1.807) is 0 Å². The number of nitrogens with zero attached hydrogens (tertiary/aromatic N) is 3. The van der Waals surface area contributed by atoms with Gasteiger partial charge in [0.1, 0.15) is 5.82 Å². The van der Waals surface area contributed by atoms with Gasteiger partial charge >= 0.3 is 6.03 Å². The minimum atomic E-state index is 0.0418. The zero-order valence-corrected chi connectivity index (χ0v) is 15.8. The number of likely N-dealkylation sites (tertiary alicyclic amines) is 1. The van der Waals surface area contributed by atoms with Gasteiger partial charge in [0.2, 0.25) is 0 Å². The molecule has 1 N–H and O–H groups in total. The molecule has 0 spiro atoms. The lowest BCUT2D eigenvalue weighted by molar-refractivity contribution is 0.165. The fourth-order valence-electron chi connectivity index (χ4n) is 3.92. The van der Waals surface area contributed by atoms with Crippen molar-refractivity contribution in [2.24, 2.45) is 5.92 Å². The highest BCUT2D eigenvalue weighted by Crippen LogP contribution is 2.21. The van der Waals surface area contributed by atoms with Gasteiger partial charge in [0.25, 0.3) is 0 Å². The number of hydrogen-bond donors (Lipinski definition) is 1. The molecule has 2 amide bonds. The first-order valence-corrected chi connectivity index (χ1v) is 9.68. The van der Waals surface area contributed by atoms with E-state index >= 15 is 0 Å². The normalized spacial score (nSPS) is 15.2. The van der Waals surface area contributed by atoms with Crippen LogP contribution in [0.1, 0.15) is 24.2 Å². The predicted octanol–water partition coefficient (Wildman–Crippen LogP) is 3.97. The Morgan fingerprint density at radius 3 is 2.70 bits per heavy atom. The van der Waals surface area contributed by atoms with Crippen LogP contribution >= 0.6 is 0 Å². The van der Waals surface area contributed by atoms with E-state index in [4.69, 9.17) is 0 Å². The van der Waals surface area contributed by atoms with Crippen molar-refractivity contribution in [2.75, 3.05) is 13.1 Å². The van der Waals surface area contributed by atoms with Crippen molar-refractivity contribution in [3.63, 3.8) is 0 Å². The van der Waals surface area contributed by atoms with E-state index in [2.05, 4.69) is 39.1 Å². The van der Waals surface area contributed by atoms with Crippen LogP contribution in [0.4, 0.5) is 4.79 Å². The molecule has 0 aliphatic carbocycles. The Hall–Kier alpha value is -2.82. The Morgan fingerprint density at radius 2 is 1.93 bits per heavy atom. The summed E-state index contributed by atoms with van der Waals surface area (Å²) in [5.41, 5.74) is 1.16. The summed E-state index contributed by atoms with van der Waals surface area (Å²) in [6.45, 7) is 5.24. The van der Waals surface area contributed by atoms with Gasteiger partial charge in [0, 0.05) is 38.6 Å². The number of fused-ring (bicyclic) bond motifs is 1. The standard InChI is InChI=1S/C22H26N4O/c1-17-23-11-14-26(17)16-18-9-12-25(13-10-18)22(27)24-15-20-7-4-6-19-5-2-3-8-21(19)20/h2-8,11,14,18H,9-10,12-13,15-16H2,1H3,(H,24,27). The molecule has 5 nitrogen and oxygen atoms in total. The summed E-state index contributed by atoms with van der Waals surface area (Å²) < 4.78 is 2.21. The van der Waals surface area contributed by atoms with E-state index in [0.29, 0.717) is 12.5 Å². The average molecular weight is 362 g/mol. The zero-order chi connectivity index (χ0) is 18.6. The van der Waals surface area contributed by atoms with Crippen LogP contribution in [-0.2, 0) is 13.1 Å². The van der Waals surface area contributed by atoms with Crippen molar-refractivity contribution in [1.82, 2.24) is 19.8 Å². The number of hydrogen-bond acceptors (Lipinski definition) is 2. The van der Waals surface area contributed by atoms with Gasteiger partial charge in [-0.15, -0.1) is 0 Å². The molecule has 1 fully saturated rings. The summed E-state index contributed by atoms with van der Waals surface area (Å²) in [4.78, 5) is 18.8. The van der Waals surface area contributed by atoms with E-state index in [0.717, 1.165) is 43.9 Å². The molecule has 1 aliphatic heterocycles. The molecule has 1 aromatic heterocycles. The highest BCUT2D eigenvalue weighted by molar-refractivity contribution is 5.86. The second-order valence-electron chi connectivity index (χ2n) is 7.35. The van der Waals surface area contributed by atoms with Crippen molar-refractivity contribution in [3.8, 4) is 0 Å². The summed E-state index contributed by atoms with van der Waals surface area (Å²) in [6, 6.07) is 14.6. The fourth-order valence-corrected chi connectivity index (χ4v) is 3.92. The smallest absolute Gasteiger partial charge is 0.317 e. The van der Waals surface area contributed by atoms with E-state index in [9.17, 15) is 4.79 Å². The average Bonchev–Trinajstić information content (AvgIpc) is 3.11. The highest BCUT2D eigenvalue weighted by Gasteiger charge is 2.23. The molecule has 0 unspecified atom stereocenters. The number of nitrogens with one attached hydrogen (secondary N) is 1. The number of carbonyl (C=O) groups excluding carboxylic acids is 1. The lowest BCUT2D eigenvalue weighted by atomic mass is 9.97. The molecule has 0 atom stereocenters. The summed E-state index contributed by atoms with van der Waals surface area (Å²) in [7, 11) is 0. The molecular formula is C22H26N4O. The molecular weight excluding hydrogens is 336 g/mol. The molecule has 5 heteroatoms. The van der Waals surface area contributed by atoms with Crippen LogP contribution in [0.25, 0.3) is 10.8 Å². The van der Waals surface area contributed by atoms with E-state index in [1.165, 1.54) is 10.8 Å². The fraction of sp³-hybridized carbons (Fsp3) is 0.364. The second kappa shape index (κ2) is 7.82. The molecule has 1 aliphatic rings. The predicted molar refractivity (Wildman–Crippen MR) is 107 cm³/mol. The first-order chi connectivity index (χ1) is 13.2. The monoisotopic (exact) mass is 362 g/mol. The topological polar surface area (TPSA) is 50.2 Å². The van der Waals surface area contributed by atoms with Crippen LogP contribution in [0.2, 0.25) is 0 Å². The molecule has 2 aromatic carbocycles. The van der Waals surface area contributed by atoms with Crippen LogP contribution in [0.5, 0.6) is 0 Å². The minimum absolute atomic E-state index is 0.0418. The molecule has 0 saturated carbocycles. The van der Waals surface area contributed by atoms with Gasteiger partial charge in [-0.1, -0.05) is 42.5 Å². The number of amides is 2. The van der Waals surface area contributed by atoms with Crippen LogP contribution in [-0.4, -0.2) is 33.6 Å². The summed E-state index contributed by atoms with van der Waals surface area (Å²) in [5.74, 6) is 1.67. The molecule has 2 heterocycles. The van der Waals surface area contributed by atoms with Gasteiger partial charge in [-0.25, -0.2) is 9.78 Å². The van der Waals surface area contributed by atoms with E-state index in [-0.39, 0.29) is 6.03 Å². The molecule has 0 bridgehead atoms. The quantitative estimate of drug-likeness (QED) is 0.763. The SMILES string of the molecule is Cc1nccn1CC1CCN(C(=O)NCc2cccc3ccccc23)CC1. The largest absolute Gasteiger partial charge is 0.335 e. The first kappa shape index (κ1) is 17.6. The lowest BCUT2D eigenvalue weighted by Gasteiger charge is -2.32.